The van der Waals surface area contributed by atoms with Crippen LogP contribution in [0.15, 0.2) is 60.8 Å². The van der Waals surface area contributed by atoms with E-state index in [-0.39, 0.29) is 29.3 Å². The maximum Gasteiger partial charge on any atom is 0.338 e. The van der Waals surface area contributed by atoms with Crippen LogP contribution in [0.4, 0.5) is 0 Å². The molecule has 11 unspecified atom stereocenters. The van der Waals surface area contributed by atoms with Crippen molar-refractivity contribution in [2.75, 3.05) is 0 Å². The van der Waals surface area contributed by atoms with E-state index in [0.717, 1.165) is 82.8 Å². The Hall–Kier alpha value is -3.59. The average molecular weight is 871 g/mol. The standard InChI is InChI=1S/C40H60O6.C14H18O3/c1-3-5-7-9-11-13-15-17-25-39(29-31-19-21-33(39)27-31)37(43)45-35(41)23-24-36(42)46-38(44)40(30-32-20-22-34(40)28-32)26-18-16-14-12-10-8-6-4-2;15-11-3-1-2-10-9-4-6-14(8-9,13(10)11)7-5-12(16)17/h19-24,31-34H,3-18,25-30H2,1-2H3;4-7,9-11,13,15H,1-3,8H2,(H,16,17)/b24-23-;. The fourth-order valence-electron chi connectivity index (χ4n) is 13.2. The minimum Gasteiger partial charge on any atom is -0.478 e. The van der Waals surface area contributed by atoms with Crippen LogP contribution in [0.3, 0.4) is 0 Å². The molecular formula is C54H78O9. The van der Waals surface area contributed by atoms with Gasteiger partial charge in [-0.3, -0.25) is 9.59 Å². The highest BCUT2D eigenvalue weighted by atomic mass is 16.6. The molecule has 7 aliphatic rings. The number of aliphatic hydroxyl groups is 1. The maximum absolute atomic E-state index is 13.4. The molecule has 7 rings (SSSR count). The summed E-state index contributed by atoms with van der Waals surface area (Å²) >= 11 is 0. The van der Waals surface area contributed by atoms with Crippen molar-refractivity contribution in [3.8, 4) is 0 Å². The van der Waals surface area contributed by atoms with Crippen LogP contribution >= 0.6 is 0 Å². The molecule has 9 nitrogen and oxygen atoms in total. The van der Waals surface area contributed by atoms with Crippen molar-refractivity contribution in [2.24, 2.45) is 57.7 Å². The van der Waals surface area contributed by atoms with Crippen molar-refractivity contribution in [3.05, 3.63) is 60.8 Å². The molecule has 0 aromatic carbocycles. The first-order valence-electron chi connectivity index (χ1n) is 25.3. The highest BCUT2D eigenvalue weighted by Crippen LogP contribution is 2.62. The summed E-state index contributed by atoms with van der Waals surface area (Å²) in [6, 6.07) is 0. The summed E-state index contributed by atoms with van der Waals surface area (Å²) in [5, 5.41) is 19.0. The molecule has 6 bridgehead atoms. The molecule has 0 radical (unpaired) electrons. The van der Waals surface area contributed by atoms with Crippen LogP contribution in [0.1, 0.15) is 181 Å². The van der Waals surface area contributed by atoms with E-state index in [0.29, 0.717) is 36.5 Å². The molecule has 348 valence electrons. The maximum atomic E-state index is 13.4. The van der Waals surface area contributed by atoms with Gasteiger partial charge < -0.3 is 19.7 Å². The van der Waals surface area contributed by atoms with Crippen molar-refractivity contribution in [1.29, 1.82) is 0 Å². The largest absolute Gasteiger partial charge is 0.478 e. The Morgan fingerprint density at radius 2 is 1.08 bits per heavy atom. The van der Waals surface area contributed by atoms with Crippen LogP contribution < -0.4 is 0 Å². The zero-order valence-electron chi connectivity index (χ0n) is 38.5. The Labute approximate surface area is 377 Å². The third-order valence-electron chi connectivity index (χ3n) is 16.4. The number of ether oxygens (including phenoxy) is 2. The molecule has 7 aliphatic carbocycles. The van der Waals surface area contributed by atoms with E-state index >= 15 is 0 Å². The van der Waals surface area contributed by atoms with Crippen molar-refractivity contribution in [2.45, 2.75) is 187 Å². The van der Waals surface area contributed by atoms with E-state index in [1.54, 1.807) is 0 Å². The van der Waals surface area contributed by atoms with Crippen molar-refractivity contribution >= 4 is 29.8 Å². The Balaban J connectivity index is 0.000000320. The normalized spacial score (nSPS) is 33.9. The first-order chi connectivity index (χ1) is 30.4. The van der Waals surface area contributed by atoms with Gasteiger partial charge in [-0.2, -0.15) is 0 Å². The summed E-state index contributed by atoms with van der Waals surface area (Å²) in [5.74, 6) is -1.37. The van der Waals surface area contributed by atoms with Crippen LogP contribution in [0.5, 0.6) is 0 Å². The molecule has 0 aromatic heterocycles. The van der Waals surface area contributed by atoms with Crippen molar-refractivity contribution in [1.82, 2.24) is 0 Å². The number of carboxylic acids is 1. The Bertz CT molecular complexity index is 1650. The second-order valence-corrected chi connectivity index (χ2v) is 20.6. The Morgan fingerprint density at radius 3 is 1.51 bits per heavy atom. The van der Waals surface area contributed by atoms with Crippen LogP contribution in [0, 0.1) is 57.7 Å². The summed E-state index contributed by atoms with van der Waals surface area (Å²) < 4.78 is 10.7. The zero-order valence-corrected chi connectivity index (χ0v) is 38.5. The number of aliphatic carboxylic acids is 1. The van der Waals surface area contributed by atoms with E-state index in [1.165, 1.54) is 89.5 Å². The third-order valence-corrected chi connectivity index (χ3v) is 16.4. The second-order valence-electron chi connectivity index (χ2n) is 20.6. The minimum atomic E-state index is -0.898. The SMILES string of the molecule is CCCCCCCCCCC1(C(=O)OC(=O)/C=C\C(=O)OC(=O)C2(CCCCCCCCCC)CC3C=CC2C3)CC2C=CC1C2.O=C(O)C=CC12C=CC(C1)C1CCCC(O)C12. The van der Waals surface area contributed by atoms with Gasteiger partial charge in [-0.1, -0.05) is 166 Å². The number of aliphatic hydroxyl groups excluding tert-OH is 1. The van der Waals surface area contributed by atoms with Crippen LogP contribution in [-0.4, -0.2) is 46.2 Å². The zero-order chi connectivity index (χ0) is 44.9. The fourth-order valence-corrected chi connectivity index (χ4v) is 13.2. The number of carboxylic acid groups (broad SMARTS) is 1. The molecule has 4 fully saturated rings. The van der Waals surface area contributed by atoms with E-state index in [9.17, 15) is 29.1 Å². The van der Waals surface area contributed by atoms with Gasteiger partial charge >= 0.3 is 29.8 Å². The van der Waals surface area contributed by atoms with Crippen LogP contribution in [0.25, 0.3) is 0 Å². The topological polar surface area (TPSA) is 144 Å². The van der Waals surface area contributed by atoms with E-state index in [2.05, 4.69) is 50.3 Å². The molecule has 0 aromatic rings. The van der Waals surface area contributed by atoms with Gasteiger partial charge in [0.05, 0.1) is 16.9 Å². The number of fused-ring (bicyclic) bond motifs is 9. The molecular weight excluding hydrogens is 793 g/mol. The highest BCUT2D eigenvalue weighted by Gasteiger charge is 2.57. The van der Waals surface area contributed by atoms with Gasteiger partial charge in [0.2, 0.25) is 0 Å². The number of allylic oxidation sites excluding steroid dienone is 7. The Kier molecular flexibility index (Phi) is 17.9. The van der Waals surface area contributed by atoms with E-state index in [4.69, 9.17) is 14.6 Å². The first-order valence-corrected chi connectivity index (χ1v) is 25.3. The monoisotopic (exact) mass is 871 g/mol. The third kappa shape index (κ3) is 12.0. The number of esters is 4. The lowest BCUT2D eigenvalue weighted by molar-refractivity contribution is -0.169. The van der Waals surface area contributed by atoms with Crippen molar-refractivity contribution < 1.29 is 43.7 Å². The van der Waals surface area contributed by atoms with Crippen molar-refractivity contribution in [3.63, 3.8) is 0 Å². The predicted molar refractivity (Wildman–Crippen MR) is 245 cm³/mol. The number of hydrogen-bond acceptors (Lipinski definition) is 8. The van der Waals surface area contributed by atoms with E-state index in [1.807, 2.05) is 6.08 Å². The number of carbonyl (C=O) groups is 5. The molecule has 9 heteroatoms. The van der Waals surface area contributed by atoms with Crippen LogP contribution in [-0.2, 0) is 33.4 Å². The minimum absolute atomic E-state index is 0.0990. The molecule has 0 spiro atoms. The fraction of sp³-hybridized carbons (Fsp3) is 0.722. The number of carbonyl (C=O) groups excluding carboxylic acids is 4. The van der Waals surface area contributed by atoms with Gasteiger partial charge in [0, 0.05) is 29.6 Å². The van der Waals surface area contributed by atoms with Crippen LogP contribution in [0.2, 0.25) is 0 Å². The quantitative estimate of drug-likeness (QED) is 0.0318. The number of unbranched alkanes of at least 4 members (excludes halogenated alkanes) is 14. The lowest BCUT2D eigenvalue weighted by Crippen LogP contribution is -2.39. The number of rotatable bonds is 24. The molecule has 0 saturated heterocycles. The van der Waals surface area contributed by atoms with E-state index < -0.39 is 40.7 Å². The smallest absolute Gasteiger partial charge is 0.338 e. The summed E-state index contributed by atoms with van der Waals surface area (Å²) in [6.07, 6.45) is 45.5. The summed E-state index contributed by atoms with van der Waals surface area (Å²) in [4.78, 5) is 63.0. The predicted octanol–water partition coefficient (Wildman–Crippen LogP) is 11.9. The lowest BCUT2D eigenvalue weighted by Gasteiger charge is -2.41. The van der Waals surface area contributed by atoms with Gasteiger partial charge in [0.1, 0.15) is 0 Å². The number of hydrogen-bond donors (Lipinski definition) is 2. The molecule has 4 saturated carbocycles. The van der Waals surface area contributed by atoms with Gasteiger partial charge in [-0.05, 0) is 93.3 Å². The molecule has 2 N–H and O–H groups in total. The highest BCUT2D eigenvalue weighted by molar-refractivity contribution is 6.00. The molecule has 63 heavy (non-hydrogen) atoms. The summed E-state index contributed by atoms with van der Waals surface area (Å²) in [5.41, 5.74) is -1.52. The van der Waals surface area contributed by atoms with Gasteiger partial charge in [-0.15, -0.1) is 0 Å². The Morgan fingerprint density at radius 1 is 0.603 bits per heavy atom. The van der Waals surface area contributed by atoms with Gasteiger partial charge in [-0.25, -0.2) is 14.4 Å². The second kappa shape index (κ2) is 23.0. The van der Waals surface area contributed by atoms with Gasteiger partial charge in [0.15, 0.2) is 0 Å². The summed E-state index contributed by atoms with van der Waals surface area (Å²) in [6.45, 7) is 4.45. The first kappa shape index (κ1) is 48.9. The lowest BCUT2D eigenvalue weighted by atomic mass is 9.65. The average Bonchev–Trinajstić information content (AvgIpc) is 4.15. The molecule has 0 heterocycles. The van der Waals surface area contributed by atoms with Gasteiger partial charge in [0.25, 0.3) is 0 Å². The molecule has 11 atom stereocenters. The molecule has 0 aliphatic heterocycles. The molecule has 0 amide bonds. The summed E-state index contributed by atoms with van der Waals surface area (Å²) in [7, 11) is 0.